The molecule has 0 saturated carbocycles. The first-order valence-corrected chi connectivity index (χ1v) is 44.5. The van der Waals surface area contributed by atoms with Gasteiger partial charge in [-0.2, -0.15) is 10.2 Å². The van der Waals surface area contributed by atoms with E-state index in [-0.39, 0.29) is 11.2 Å². The molecule has 119 heavy (non-hydrogen) atoms. The maximum atomic E-state index is 11.1. The summed E-state index contributed by atoms with van der Waals surface area (Å²) >= 11 is 3.60. The molecule has 0 amide bonds. The molecule has 7 aromatic carbocycles. The number of fused-ring (bicyclic) bond motifs is 3. The van der Waals surface area contributed by atoms with Gasteiger partial charge in [0, 0.05) is 69.4 Å². The molecule has 1 atom stereocenters. The van der Waals surface area contributed by atoms with Gasteiger partial charge in [0.05, 0.1) is 47.2 Å². The maximum absolute atomic E-state index is 11.1. The molecule has 15 aromatic rings. The number of para-hydroxylation sites is 1. The fourth-order valence-electron chi connectivity index (χ4n) is 8.37. The molecular weight excluding hydrogens is 1510 g/mol. The number of pyridine rings is 1. The predicted octanol–water partition coefficient (Wildman–Crippen LogP) is 29.5. The number of imidazole rings is 1. The van der Waals surface area contributed by atoms with E-state index in [1.54, 1.807) is 73.7 Å². The number of thiazole rings is 1. The highest BCUT2D eigenvalue weighted by Crippen LogP contribution is 2.20. The number of benzene rings is 7. The minimum Gasteiger partial charge on any atom is -0.365 e. The second-order valence-electron chi connectivity index (χ2n) is 23.3. The highest BCUT2D eigenvalue weighted by molar-refractivity contribution is 7.99. The number of aromatic nitrogens is 13. The zero-order valence-corrected chi connectivity index (χ0v) is 81.2. The van der Waals surface area contributed by atoms with E-state index in [2.05, 4.69) is 259 Å². The van der Waals surface area contributed by atoms with E-state index in [0.717, 1.165) is 57.0 Å². The molecule has 0 radical (unpaired) electrons. The van der Waals surface area contributed by atoms with Crippen LogP contribution in [0.3, 0.4) is 0 Å². The van der Waals surface area contributed by atoms with Crippen molar-refractivity contribution in [1.29, 1.82) is 0 Å². The molecule has 1 fully saturated rings. The lowest BCUT2D eigenvalue weighted by atomic mass is 10.1. The van der Waals surface area contributed by atoms with Crippen LogP contribution in [0.25, 0.3) is 49.3 Å². The standard InChI is InChI=1S/2C11H10.C10H9NO.C10H9N.C9H9N3O.C6H11N3.C4H6N2.2C4H5NO.C4H9NS.C4H5NS.11C2H6/c1-9-5-4-7-10-6-2-3-8-11(9)10;1-9-6-7-10-4-2-3-5-11(10)8-9;1-8-2-4-9(5-3-8)10-6-11-12-7-10;1-8-4-2-5-9-6-3-7-11-10(8)9;1-7-2-4-8(5-3-7)12-6-10-11-9(12)13;1-6(2,3)9-5-7-4-8-9;1-4-2-5-3-6-4;1-4-2-5-6-3-4;1-4-2-3-5-6-4;2*1-4-2-6-3-5-4;11*1-2/h2*2-8H,1H3;2-7H,1H3;2-7H,1H3;2-6H,1H3,(H,11,13);4-5H,1-3H3;2-3H,1H3,(H,5,6);2*2-3H,1H3;4-5H,2-3H2,1H3;2-3H,1H3;11*1-2H3. The van der Waals surface area contributed by atoms with Crippen LogP contribution >= 0.6 is 23.1 Å². The van der Waals surface area contributed by atoms with Crippen LogP contribution in [0.5, 0.6) is 0 Å². The third-order valence-electron chi connectivity index (χ3n) is 13.7. The third kappa shape index (κ3) is 57.2. The fourth-order valence-corrected chi connectivity index (χ4v) is 9.91. The Morgan fingerprint density at radius 1 is 0.479 bits per heavy atom. The van der Waals surface area contributed by atoms with E-state index >= 15 is 0 Å². The first-order valence-electron chi connectivity index (χ1n) is 42.4. The van der Waals surface area contributed by atoms with Gasteiger partial charge in [0.1, 0.15) is 37.3 Å². The van der Waals surface area contributed by atoms with Gasteiger partial charge < -0.3 is 23.9 Å². The minimum atomic E-state index is -0.219. The van der Waals surface area contributed by atoms with Gasteiger partial charge >= 0.3 is 5.69 Å². The van der Waals surface area contributed by atoms with Crippen LogP contribution in [0.15, 0.2) is 268 Å². The monoisotopic (exact) mass is 1670 g/mol. The van der Waals surface area contributed by atoms with Crippen LogP contribution in [0, 0.1) is 62.3 Å². The lowest BCUT2D eigenvalue weighted by Gasteiger charge is -2.17. The molecule has 1 aliphatic heterocycles. The van der Waals surface area contributed by atoms with Gasteiger partial charge in [0.2, 0.25) is 0 Å². The summed E-state index contributed by atoms with van der Waals surface area (Å²) < 4.78 is 17.1. The lowest BCUT2D eigenvalue weighted by Crippen LogP contribution is -2.21. The number of H-pyrrole nitrogens is 2. The fraction of sp³-hybridized carbons (Fsp3) is 0.394. The van der Waals surface area contributed by atoms with E-state index in [4.69, 9.17) is 4.52 Å². The summed E-state index contributed by atoms with van der Waals surface area (Å²) in [4.78, 5) is 29.9. The molecule has 1 aliphatic rings. The normalized spacial score (nSPS) is 9.96. The Labute approximate surface area is 727 Å². The number of aryl methyl sites for hydroxylation is 9. The second kappa shape index (κ2) is 82.4. The Morgan fingerprint density at radius 2 is 1.02 bits per heavy atom. The van der Waals surface area contributed by atoms with Gasteiger partial charge in [-0.15, -0.1) is 23.1 Å². The molecule has 16 rings (SSSR count). The Kier molecular flexibility index (Phi) is 82.6. The Hall–Kier alpha value is -10.7. The number of hydrogen-bond acceptors (Lipinski definition) is 16. The van der Waals surface area contributed by atoms with Gasteiger partial charge in [-0.3, -0.25) is 9.97 Å². The van der Waals surface area contributed by atoms with Gasteiger partial charge in [0.25, 0.3) is 0 Å². The number of nitrogens with one attached hydrogen (secondary N) is 3. The molecule has 656 valence electrons. The molecule has 1 unspecified atom stereocenters. The van der Waals surface area contributed by atoms with Gasteiger partial charge in [-0.25, -0.2) is 29.1 Å². The molecule has 20 heteroatoms. The Bertz CT molecular complexity index is 4310. The predicted molar refractivity (Wildman–Crippen MR) is 522 cm³/mol. The topological polar surface area (TPSA) is 226 Å². The molecule has 0 spiro atoms. The summed E-state index contributed by atoms with van der Waals surface area (Å²) in [6.07, 6.45) is 18.2. The molecule has 18 nitrogen and oxygen atoms in total. The first-order chi connectivity index (χ1) is 57.8. The summed E-state index contributed by atoms with van der Waals surface area (Å²) in [7, 11) is 0. The average molecular weight is 1670 g/mol. The molecule has 0 bridgehead atoms. The van der Waals surface area contributed by atoms with E-state index < -0.39 is 0 Å². The number of hydrogen-bond donors (Lipinski definition) is 3. The van der Waals surface area contributed by atoms with Gasteiger partial charge in [-0.05, 0) is 146 Å². The SMILES string of the molecule is CC.CC.CC.CC.CC.CC.CC.CC.CC.CC.CC.CC(C)(C)n1cncn1.CC1CSCN1.Cc1ccc(-c2cnoc2)cc1.Cc1ccc(-n2cn[nH]c2=O)cc1.Cc1ccc2ccccc2c1.Cc1cccc2ccccc12.Cc1cccc2cccnc12.Cc1ccno1.Cc1cnc[nH]1.Cc1cnoc1.Cc1cscn1. The molecule has 3 N–H and O–H groups in total. The van der Waals surface area contributed by atoms with Crippen LogP contribution in [0.2, 0.25) is 0 Å². The van der Waals surface area contributed by atoms with Crippen molar-refractivity contribution in [3.63, 3.8) is 0 Å². The third-order valence-corrected chi connectivity index (χ3v) is 15.6. The zero-order chi connectivity index (χ0) is 91.6. The Morgan fingerprint density at radius 3 is 1.39 bits per heavy atom. The van der Waals surface area contributed by atoms with Crippen LogP contribution in [-0.2, 0) is 5.54 Å². The van der Waals surface area contributed by atoms with E-state index in [9.17, 15) is 4.79 Å². The molecule has 9 heterocycles. The quantitative estimate of drug-likeness (QED) is 0.146. The molecule has 0 aliphatic carbocycles. The lowest BCUT2D eigenvalue weighted by molar-refractivity contribution is 0.354. The summed E-state index contributed by atoms with van der Waals surface area (Å²) in [5.41, 5.74) is 15.4. The first kappa shape index (κ1) is 119. The maximum Gasteiger partial charge on any atom is 0.347 e. The summed E-state index contributed by atoms with van der Waals surface area (Å²) in [5.74, 6) is 3.30. The summed E-state index contributed by atoms with van der Waals surface area (Å²) in [6, 6.07) is 58.5. The highest BCUT2D eigenvalue weighted by atomic mass is 32.2. The zero-order valence-electron chi connectivity index (χ0n) is 79.5. The van der Waals surface area contributed by atoms with Crippen molar-refractivity contribution in [3.05, 3.63) is 311 Å². The van der Waals surface area contributed by atoms with Crippen molar-refractivity contribution in [1.82, 2.24) is 70.3 Å². The van der Waals surface area contributed by atoms with Crippen molar-refractivity contribution < 1.29 is 13.6 Å². The molecular formula is C99H154N14O4S2. The highest BCUT2D eigenvalue weighted by Gasteiger charge is 2.12. The van der Waals surface area contributed by atoms with Crippen molar-refractivity contribution >= 4 is 55.5 Å². The smallest absolute Gasteiger partial charge is 0.347 e. The number of rotatable bonds is 2. The largest absolute Gasteiger partial charge is 0.365 e. The van der Waals surface area contributed by atoms with Crippen molar-refractivity contribution in [2.24, 2.45) is 0 Å². The summed E-state index contributed by atoms with van der Waals surface area (Å²) in [5, 5.41) is 32.4. The number of nitrogens with zero attached hydrogens (tertiary/aromatic N) is 11. The van der Waals surface area contributed by atoms with E-state index in [0.29, 0.717) is 0 Å². The second-order valence-corrected chi connectivity index (χ2v) is 25.0. The van der Waals surface area contributed by atoms with Crippen LogP contribution in [0.1, 0.15) is 231 Å². The van der Waals surface area contributed by atoms with Crippen molar-refractivity contribution in [2.75, 3.05) is 11.6 Å². The van der Waals surface area contributed by atoms with Crippen LogP contribution in [0.4, 0.5) is 0 Å². The van der Waals surface area contributed by atoms with Crippen molar-refractivity contribution in [3.8, 4) is 16.8 Å². The van der Waals surface area contributed by atoms with E-state index in [1.807, 2.05) is 251 Å². The number of aromatic amines is 2. The number of thioether (sulfide) groups is 1. The van der Waals surface area contributed by atoms with Crippen molar-refractivity contribution in [2.45, 2.75) is 254 Å². The molecule has 8 aromatic heterocycles. The van der Waals surface area contributed by atoms with Gasteiger partial charge in [0.15, 0.2) is 0 Å². The van der Waals surface area contributed by atoms with Gasteiger partial charge in [-0.1, -0.05) is 330 Å². The van der Waals surface area contributed by atoms with Crippen LogP contribution in [-0.4, -0.2) is 82.6 Å². The minimum absolute atomic E-state index is 0.0660. The molecule has 1 saturated heterocycles. The van der Waals surface area contributed by atoms with E-state index in [1.165, 1.54) is 71.4 Å². The average Bonchev–Trinajstić information content (AvgIpc) is 1.85. The van der Waals surface area contributed by atoms with Crippen LogP contribution < -0.4 is 11.0 Å². The summed E-state index contributed by atoms with van der Waals surface area (Å²) in [6.45, 7) is 70.6. The Balaban J connectivity index is -0.000000290.